The van der Waals surface area contributed by atoms with Gasteiger partial charge in [-0.3, -0.25) is 0 Å². The zero-order chi connectivity index (χ0) is 30.8. The van der Waals surface area contributed by atoms with Crippen molar-refractivity contribution in [2.75, 3.05) is 0 Å². The molecule has 244 valence electrons. The van der Waals surface area contributed by atoms with Crippen molar-refractivity contribution in [3.05, 3.63) is 59.7 Å². The molecule has 7 aliphatic rings. The predicted molar refractivity (Wildman–Crippen MR) is 183 cm³/mol. The first-order chi connectivity index (χ1) is 22.6. The standard InChI is InChI=1S/C18H20O2.2C10H17NO.2Ga/c19-16-8-4-14(5-9-16)18(12-2-1-3-13-18)15-6-10-17(20)11-7-15;2*1-7-5-6-8-3-2-4-9(12)10(8)11-7;;/h4-11,19-20H,1-3,12-13H2;2*7-10H,2-6H2,1H3;;/q;2*-2;2*+3/p-2. The molecule has 0 radical (unpaired) electrons. The van der Waals surface area contributed by atoms with E-state index in [9.17, 15) is 0 Å². The third kappa shape index (κ3) is 5.40. The van der Waals surface area contributed by atoms with Gasteiger partial charge in [-0.1, -0.05) is 0 Å². The van der Waals surface area contributed by atoms with Gasteiger partial charge in [0.2, 0.25) is 0 Å². The van der Waals surface area contributed by atoms with Crippen LogP contribution in [-0.4, -0.2) is 78.0 Å². The number of piperidine rings is 2. The summed E-state index contributed by atoms with van der Waals surface area (Å²) in [4.78, 5) is 0. The van der Waals surface area contributed by atoms with Gasteiger partial charge in [0.05, 0.1) is 0 Å². The maximum absolute atomic E-state index is 6.82. The van der Waals surface area contributed by atoms with Crippen molar-refractivity contribution in [2.24, 2.45) is 11.8 Å². The average Bonchev–Trinajstić information content (AvgIpc) is 3.65. The van der Waals surface area contributed by atoms with Gasteiger partial charge >= 0.3 is 291 Å². The summed E-state index contributed by atoms with van der Waals surface area (Å²) in [6, 6.07) is 20.9. The van der Waals surface area contributed by atoms with Crippen molar-refractivity contribution >= 4 is 34.4 Å². The average molecular weight is 740 g/mol. The Kier molecular flexibility index (Phi) is 8.67. The zero-order valence-electron chi connectivity index (χ0n) is 28.0. The van der Waals surface area contributed by atoms with Crippen LogP contribution in [0.1, 0.15) is 121 Å². The van der Waals surface area contributed by atoms with Gasteiger partial charge in [0, 0.05) is 0 Å². The molecule has 9 rings (SSSR count). The van der Waals surface area contributed by atoms with Crippen molar-refractivity contribution < 1.29 is 14.1 Å². The Labute approximate surface area is 289 Å². The normalized spacial score (nSPS) is 37.1. The van der Waals surface area contributed by atoms with Crippen LogP contribution >= 0.6 is 0 Å². The van der Waals surface area contributed by atoms with Crippen LogP contribution in [0.15, 0.2) is 48.5 Å². The number of hydrogen-bond donors (Lipinski definition) is 0. The Bertz CT molecular complexity index is 1270. The number of benzene rings is 2. The molecule has 46 heavy (non-hydrogen) atoms. The Morgan fingerprint density at radius 3 is 1.48 bits per heavy atom. The Balaban J connectivity index is 0.920. The first-order valence-corrected chi connectivity index (χ1v) is 25.1. The third-order valence-electron chi connectivity index (χ3n) is 13.5. The molecule has 0 N–H and O–H groups in total. The van der Waals surface area contributed by atoms with Gasteiger partial charge in [0.1, 0.15) is 0 Å². The van der Waals surface area contributed by atoms with Crippen LogP contribution in [0.5, 0.6) is 11.5 Å². The summed E-state index contributed by atoms with van der Waals surface area (Å²) >= 11 is -5.04. The summed E-state index contributed by atoms with van der Waals surface area (Å²) < 4.78 is 32.7. The molecule has 8 unspecified atom stereocenters. The first-order valence-electron chi connectivity index (χ1n) is 19.0. The van der Waals surface area contributed by atoms with Crippen LogP contribution in [-0.2, 0) is 12.5 Å². The van der Waals surface area contributed by atoms with Crippen molar-refractivity contribution in [1.82, 2.24) is 7.21 Å². The van der Waals surface area contributed by atoms with Gasteiger partial charge in [-0.2, -0.15) is 0 Å². The molecule has 4 aliphatic heterocycles. The van der Waals surface area contributed by atoms with Crippen LogP contribution in [0.2, 0.25) is 0 Å². The molecule has 2 aromatic rings. The minimum absolute atomic E-state index is 0.0545. The predicted octanol–water partition coefficient (Wildman–Crippen LogP) is 7.77. The second-order valence-electron chi connectivity index (χ2n) is 16.0. The van der Waals surface area contributed by atoms with Crippen molar-refractivity contribution in [3.8, 4) is 11.5 Å². The molecule has 8 heteroatoms. The summed E-state index contributed by atoms with van der Waals surface area (Å²) in [7, 11) is 0. The maximum atomic E-state index is 6.82. The molecule has 7 fully saturated rings. The van der Waals surface area contributed by atoms with Crippen molar-refractivity contribution in [2.45, 2.75) is 152 Å². The van der Waals surface area contributed by atoms with E-state index in [1.165, 1.54) is 107 Å². The summed E-state index contributed by atoms with van der Waals surface area (Å²) in [6.07, 6.45) is 20.3. The molecule has 2 aromatic carbocycles. The van der Waals surface area contributed by atoms with E-state index in [1.807, 2.05) is 0 Å². The molecule has 0 bridgehead atoms. The van der Waals surface area contributed by atoms with E-state index >= 15 is 0 Å². The zero-order valence-corrected chi connectivity index (χ0v) is 32.9. The molecule has 4 saturated heterocycles. The molecular formula is C38H52Ga2N2O4. The number of nitrogens with zero attached hydrogens (tertiary/aromatic N) is 2. The molecule has 3 saturated carbocycles. The SMILES string of the molecule is CC1CCC2CCCC3[O][Ga]([O]c4ccc(C5(c6ccc([O][Ga]7[O]C8CCCC9CCC(C)[N]7C98)cc6)CCCCC5)cc4)[N]1C23. The molecule has 0 amide bonds. The van der Waals surface area contributed by atoms with E-state index in [4.69, 9.17) is 14.1 Å². The first kappa shape index (κ1) is 31.2. The fraction of sp³-hybridized carbons (Fsp3) is 0.684. The van der Waals surface area contributed by atoms with Crippen LogP contribution in [0.3, 0.4) is 0 Å². The molecule has 0 spiro atoms. The Hall–Kier alpha value is -0.847. The summed E-state index contributed by atoms with van der Waals surface area (Å²) in [5.74, 6) is 3.65. The van der Waals surface area contributed by atoms with E-state index in [1.54, 1.807) is 0 Å². The van der Waals surface area contributed by atoms with Gasteiger partial charge in [-0.25, -0.2) is 0 Å². The number of rotatable bonds is 6. The summed E-state index contributed by atoms with van der Waals surface area (Å²) in [6.45, 7) is 4.81. The van der Waals surface area contributed by atoms with Gasteiger partial charge in [0.15, 0.2) is 0 Å². The monoisotopic (exact) mass is 738 g/mol. The van der Waals surface area contributed by atoms with E-state index in [-0.39, 0.29) is 5.41 Å². The second-order valence-corrected chi connectivity index (χ2v) is 23.2. The van der Waals surface area contributed by atoms with Crippen LogP contribution in [0.4, 0.5) is 0 Å². The molecular weight excluding hydrogens is 688 g/mol. The summed E-state index contributed by atoms with van der Waals surface area (Å²) in [5.41, 5.74) is 2.92. The van der Waals surface area contributed by atoms with E-state index in [0.717, 1.165) is 23.3 Å². The van der Waals surface area contributed by atoms with Gasteiger partial charge in [0.25, 0.3) is 0 Å². The van der Waals surface area contributed by atoms with Crippen molar-refractivity contribution in [3.63, 3.8) is 0 Å². The van der Waals surface area contributed by atoms with Crippen molar-refractivity contribution in [1.29, 1.82) is 0 Å². The van der Waals surface area contributed by atoms with Gasteiger partial charge in [-0.05, 0) is 0 Å². The fourth-order valence-corrected chi connectivity index (χ4v) is 22.0. The fourth-order valence-electron chi connectivity index (χ4n) is 11.2. The number of hydrogen-bond acceptors (Lipinski definition) is 6. The van der Waals surface area contributed by atoms with E-state index < -0.39 is 34.4 Å². The minimum atomic E-state index is -2.52. The van der Waals surface area contributed by atoms with Crippen LogP contribution < -0.4 is 7.06 Å². The van der Waals surface area contributed by atoms with E-state index in [2.05, 4.69) is 69.6 Å². The quantitative estimate of drug-likeness (QED) is 0.283. The van der Waals surface area contributed by atoms with Gasteiger partial charge in [-0.15, -0.1) is 0 Å². The van der Waals surface area contributed by atoms with Crippen LogP contribution in [0, 0.1) is 11.8 Å². The molecule has 3 aliphatic carbocycles. The van der Waals surface area contributed by atoms with Crippen LogP contribution in [0.25, 0.3) is 0 Å². The summed E-state index contributed by atoms with van der Waals surface area (Å²) in [5, 5.41) is 0. The van der Waals surface area contributed by atoms with E-state index in [0.29, 0.717) is 36.4 Å². The molecule has 0 aromatic heterocycles. The molecule has 4 heterocycles. The molecule has 8 atom stereocenters. The topological polar surface area (TPSA) is 43.4 Å². The molecule has 6 nitrogen and oxygen atoms in total. The third-order valence-corrected chi connectivity index (χ3v) is 23.6. The Morgan fingerprint density at radius 2 is 1.02 bits per heavy atom. The van der Waals surface area contributed by atoms with Gasteiger partial charge < -0.3 is 0 Å². The Morgan fingerprint density at radius 1 is 0.565 bits per heavy atom. The second kappa shape index (κ2) is 12.8.